The number of carbonyl (C=O) groups is 2. The maximum Gasteiger partial charge on any atom is 0.695 e. The largest absolute Gasteiger partial charge is 0.695 e. The topological polar surface area (TPSA) is 328 Å². The van der Waals surface area contributed by atoms with Crippen LogP contribution in [0.1, 0.15) is 63.9 Å². The molecule has 0 saturated carbocycles. The number of hydrogen-bond donors (Lipinski definition) is 5. The summed E-state index contributed by atoms with van der Waals surface area (Å²) in [5.74, 6) is -1.70. The first-order chi connectivity index (χ1) is 32.6. The molecule has 4 unspecified atom stereocenters. The van der Waals surface area contributed by atoms with Gasteiger partial charge in [-0.1, -0.05) is 52.8 Å². The Kier molecular flexibility index (Phi) is 15.6. The fourth-order valence-electron chi connectivity index (χ4n) is 7.08. The number of benzene rings is 1. The van der Waals surface area contributed by atoms with Crippen LogP contribution in [0.25, 0.3) is 22.3 Å². The van der Waals surface area contributed by atoms with Crippen LogP contribution in [0.2, 0.25) is 18.1 Å². The summed E-state index contributed by atoms with van der Waals surface area (Å²) >= 11 is 0. The molecule has 2 fully saturated rings. The third-order valence-electron chi connectivity index (χ3n) is 11.7. The van der Waals surface area contributed by atoms with Gasteiger partial charge in [0.05, 0.1) is 45.0 Å². The standard InChI is InChI=1S/C40H50FN11O14P2Si/c1-21(2)34(54)49-39-48-33-27(36(56)50-39)46-20-52(33)38-30(29(23(16-53)62-38)66-69(6,7)40(3,4)5)65-68(59,60-15-11-14-42)61-17-24-28(64-67(57)58)25(41)37(63-24)51-19-45-26-31(43-18-44-32(26)51)47-35(55)22-12-9-8-10-13-22/h8-10,12-13,18-21,23-25,28-30,37-38,53H,11,15-17H2,1-7H3,(H3-,43,44,47,48,49,50,54,55,56,57,58)/p+1/t23-,24-,25?,28+,29+,30?,37-,38-,68?/m1/s1. The van der Waals surface area contributed by atoms with Crippen molar-refractivity contribution in [2.75, 3.05) is 30.5 Å². The van der Waals surface area contributed by atoms with E-state index in [9.17, 15) is 34.2 Å². The Morgan fingerprint density at radius 3 is 2.33 bits per heavy atom. The van der Waals surface area contributed by atoms with Crippen LogP contribution in [0.4, 0.5) is 16.2 Å². The predicted octanol–water partition coefficient (Wildman–Crippen LogP) is 4.80. The molecule has 0 bridgehead atoms. The number of hydrogen-bond acceptors (Lipinski definition) is 19. The van der Waals surface area contributed by atoms with E-state index in [2.05, 4.69) is 40.5 Å². The number of imidazole rings is 2. The molecule has 4 aromatic heterocycles. The van der Waals surface area contributed by atoms with Crippen LogP contribution in [-0.4, -0.2) is 126 Å². The van der Waals surface area contributed by atoms with Crippen molar-refractivity contribution >= 4 is 70.3 Å². The van der Waals surface area contributed by atoms with E-state index in [1.807, 2.05) is 39.9 Å². The van der Waals surface area contributed by atoms with Gasteiger partial charge >= 0.3 is 16.1 Å². The minimum atomic E-state index is -5.05. The first kappa shape index (κ1) is 51.5. The molecule has 2 amide bonds. The summed E-state index contributed by atoms with van der Waals surface area (Å²) < 4.78 is 88.2. The van der Waals surface area contributed by atoms with E-state index in [-0.39, 0.29) is 40.5 Å². The first-order valence-corrected chi connectivity index (χ1v) is 27.0. The van der Waals surface area contributed by atoms with Crippen LogP contribution in [0.3, 0.4) is 0 Å². The molecule has 2 saturated heterocycles. The van der Waals surface area contributed by atoms with Crippen molar-refractivity contribution in [3.8, 4) is 6.07 Å². The summed E-state index contributed by atoms with van der Waals surface area (Å²) in [7, 11) is -11.4. The number of aromatic amines is 1. The predicted molar refractivity (Wildman–Crippen MR) is 243 cm³/mol. The molecule has 0 radical (unpaired) electrons. The Balaban J connectivity index is 1.22. The van der Waals surface area contributed by atoms with E-state index in [1.54, 1.807) is 44.2 Å². The molecule has 25 nitrogen and oxygen atoms in total. The highest BCUT2D eigenvalue weighted by molar-refractivity contribution is 7.48. The highest BCUT2D eigenvalue weighted by atomic mass is 31.2. The minimum absolute atomic E-state index is 0.0139. The number of amides is 2. The molecule has 5 aromatic rings. The van der Waals surface area contributed by atoms with Crippen molar-refractivity contribution in [1.29, 1.82) is 5.26 Å². The molecule has 2 aliphatic heterocycles. The SMILES string of the molecule is CC(C)C(=O)Nc1nc2c(ncn2[C@@H]2O[C@H](CO)[C@H](O[Si](C)(C)C(C)(C)C)C2OP(=O)(OCCC#N)OC[C@H]2O[C@@H](n3cnc4c(NC(=O)c5ccccc5)ncnc43)C(F)[C@H]2O[P+](=O)O)c(=O)[nH]1. The van der Waals surface area contributed by atoms with E-state index < -0.39 is 122 Å². The van der Waals surface area contributed by atoms with Gasteiger partial charge in [-0.15, -0.1) is 9.42 Å². The van der Waals surface area contributed by atoms with Gasteiger partial charge in [-0.05, 0) is 30.3 Å². The van der Waals surface area contributed by atoms with Crippen LogP contribution in [0, 0.1) is 17.2 Å². The zero-order chi connectivity index (χ0) is 50.0. The average Bonchev–Trinajstić information content (AvgIpc) is 4.07. The molecule has 0 aliphatic carbocycles. The molecule has 7 rings (SSSR count). The first-order valence-electron chi connectivity index (χ1n) is 21.5. The van der Waals surface area contributed by atoms with Gasteiger partial charge in [0.25, 0.3) is 11.5 Å². The smallest absolute Gasteiger partial charge is 0.408 e. The number of aliphatic hydroxyl groups is 1. The fraction of sp³-hybridized carbons (Fsp3) is 0.525. The molecule has 2 aliphatic rings. The Labute approximate surface area is 394 Å². The second kappa shape index (κ2) is 20.9. The van der Waals surface area contributed by atoms with E-state index in [4.69, 9.17) is 32.0 Å². The molecular formula is C40H51FN11O14P2Si+. The number of nitriles is 1. The van der Waals surface area contributed by atoms with Crippen molar-refractivity contribution in [3.63, 3.8) is 0 Å². The second-order valence-electron chi connectivity index (χ2n) is 17.7. The van der Waals surface area contributed by atoms with E-state index in [1.165, 1.54) is 10.9 Å². The lowest BCUT2D eigenvalue weighted by atomic mass is 10.1. The van der Waals surface area contributed by atoms with Crippen molar-refractivity contribution < 1.29 is 65.1 Å². The number of phosphoric acid groups is 1. The molecule has 69 heavy (non-hydrogen) atoms. The number of nitrogens with zero attached hydrogens (tertiary/aromatic N) is 8. The zero-order valence-electron chi connectivity index (χ0n) is 38.3. The van der Waals surface area contributed by atoms with Crippen molar-refractivity contribution in [2.24, 2.45) is 5.92 Å². The Morgan fingerprint density at radius 2 is 1.68 bits per heavy atom. The number of ether oxygens (including phenoxy) is 2. The monoisotopic (exact) mass is 1020 g/mol. The maximum absolute atomic E-state index is 16.6. The fourth-order valence-corrected chi connectivity index (χ4v) is 10.2. The molecule has 29 heteroatoms. The van der Waals surface area contributed by atoms with Gasteiger partial charge in [-0.25, -0.2) is 28.9 Å². The van der Waals surface area contributed by atoms with E-state index in [0.29, 0.717) is 5.56 Å². The lowest BCUT2D eigenvalue weighted by molar-refractivity contribution is -0.118. The summed E-state index contributed by atoms with van der Waals surface area (Å²) in [4.78, 5) is 72.4. The van der Waals surface area contributed by atoms with Crippen LogP contribution < -0.4 is 16.2 Å². The van der Waals surface area contributed by atoms with Crippen molar-refractivity contribution in [3.05, 3.63) is 65.2 Å². The van der Waals surface area contributed by atoms with Gasteiger partial charge < -0.3 is 24.3 Å². The second-order valence-corrected chi connectivity index (χ2v) is 24.8. The lowest BCUT2D eigenvalue weighted by Gasteiger charge is -2.40. The summed E-state index contributed by atoms with van der Waals surface area (Å²) in [6, 6.07) is 10.1. The number of carbonyl (C=O) groups excluding carboxylic acids is 2. The Bertz CT molecular complexity index is 2840. The number of fused-ring (bicyclic) bond motifs is 2. The number of anilines is 2. The van der Waals surface area contributed by atoms with Gasteiger partial charge in [0.2, 0.25) is 11.9 Å². The number of aromatic nitrogens is 8. The molecular weight excluding hydrogens is 968 g/mol. The minimum Gasteiger partial charge on any atom is -0.408 e. The number of aliphatic hydroxyl groups excluding tert-OH is 1. The van der Waals surface area contributed by atoms with Crippen LogP contribution in [0.5, 0.6) is 0 Å². The van der Waals surface area contributed by atoms with E-state index >= 15 is 8.96 Å². The third-order valence-corrected chi connectivity index (χ3v) is 18.0. The summed E-state index contributed by atoms with van der Waals surface area (Å²) in [5, 5.41) is 24.9. The quantitative estimate of drug-likeness (QED) is 0.0421. The van der Waals surface area contributed by atoms with Gasteiger partial charge in [-0.2, -0.15) is 10.2 Å². The number of rotatable bonds is 19. The summed E-state index contributed by atoms with van der Waals surface area (Å²) in [6.45, 7) is 10.9. The summed E-state index contributed by atoms with van der Waals surface area (Å²) in [5.41, 5.74) is -0.699. The molecule has 10 atom stereocenters. The van der Waals surface area contributed by atoms with Gasteiger partial charge in [0.1, 0.15) is 30.7 Å². The van der Waals surface area contributed by atoms with Gasteiger partial charge in [0, 0.05) is 16.0 Å². The maximum atomic E-state index is 16.6. The summed E-state index contributed by atoms with van der Waals surface area (Å²) in [6.07, 6.45) is -9.73. The number of alkyl halides is 1. The number of H-pyrrole nitrogens is 1. The van der Waals surface area contributed by atoms with Crippen LogP contribution >= 0.6 is 16.1 Å². The van der Waals surface area contributed by atoms with Crippen LogP contribution in [0.15, 0.2) is 54.1 Å². The number of nitrogens with one attached hydrogen (secondary N) is 3. The highest BCUT2D eigenvalue weighted by Crippen LogP contribution is 2.56. The third kappa shape index (κ3) is 11.2. The normalized spacial score (nSPS) is 24.1. The highest BCUT2D eigenvalue weighted by Gasteiger charge is 2.56. The van der Waals surface area contributed by atoms with Crippen LogP contribution in [-0.2, 0) is 45.9 Å². The molecule has 370 valence electrons. The number of halogens is 1. The zero-order valence-corrected chi connectivity index (χ0v) is 41.1. The average molecular weight is 1020 g/mol. The van der Waals surface area contributed by atoms with Gasteiger partial charge in [0.15, 0.2) is 61.2 Å². The van der Waals surface area contributed by atoms with Gasteiger partial charge in [-0.3, -0.25) is 47.4 Å². The van der Waals surface area contributed by atoms with Crippen molar-refractivity contribution in [2.45, 2.75) is 108 Å². The Hall–Kier alpha value is -5.33. The molecule has 6 heterocycles. The molecule has 0 spiro atoms. The Morgan fingerprint density at radius 1 is 1.00 bits per heavy atom. The molecule has 1 aromatic carbocycles. The number of phosphoric ester groups is 1. The van der Waals surface area contributed by atoms with E-state index in [0.717, 1.165) is 17.2 Å². The molecule has 5 N–H and O–H groups in total. The van der Waals surface area contributed by atoms with Crippen molar-refractivity contribution in [1.82, 2.24) is 39.0 Å². The lowest BCUT2D eigenvalue weighted by Crippen LogP contribution is -2.50.